The fraction of sp³-hybridized carbons (Fsp3) is 1.00. The van der Waals surface area contributed by atoms with Crippen LogP contribution in [0.15, 0.2) is 0 Å². The molecule has 0 aliphatic heterocycles. The Kier molecular flexibility index (Phi) is 9.88. The molecule has 3 saturated carbocycles. The first-order valence-electron chi connectivity index (χ1n) is 14.7. The first-order valence-corrected chi connectivity index (χ1v) is 23.2. The summed E-state index contributed by atoms with van der Waals surface area (Å²) in [5.41, 5.74) is 0. The van der Waals surface area contributed by atoms with Gasteiger partial charge in [-0.3, -0.25) is 0 Å². The molecule has 3 aliphatic rings. The average molecular weight is 572 g/mol. The van der Waals surface area contributed by atoms with E-state index in [0.717, 1.165) is 65.1 Å². The summed E-state index contributed by atoms with van der Waals surface area (Å²) >= 11 is -3.13. The van der Waals surface area contributed by atoms with Gasteiger partial charge in [0.15, 0.2) is 0 Å². The molecule has 0 aromatic carbocycles. The summed E-state index contributed by atoms with van der Waals surface area (Å²) < 4.78 is 2.72. The topological polar surface area (TPSA) is 0 Å². The molecule has 188 valence electrons. The van der Waals surface area contributed by atoms with Crippen molar-refractivity contribution in [2.24, 2.45) is 53.3 Å². The number of halogens is 1. The Morgan fingerprint density at radius 1 is 0.500 bits per heavy atom. The molecule has 0 heterocycles. The standard InChI is InChI=1S/3C10H19.ClH.Sn/c3*1-8(2)10-6-4-9(3)5-7-10;;/h3*6,8-10H,4-5,7H2,1-3H3;1H;/q;;;;+1/p-1/t3*9-,10-;;/m000../s1. The van der Waals surface area contributed by atoms with E-state index in [1.165, 1.54) is 57.8 Å². The minimum absolute atomic E-state index is 0.805. The van der Waals surface area contributed by atoms with E-state index in [9.17, 15) is 0 Å². The molecule has 0 aromatic heterocycles. The second kappa shape index (κ2) is 11.4. The van der Waals surface area contributed by atoms with Crippen LogP contribution >= 0.6 is 8.92 Å². The fourth-order valence-corrected chi connectivity index (χ4v) is 35.6. The van der Waals surface area contributed by atoms with Crippen molar-refractivity contribution < 1.29 is 0 Å². The van der Waals surface area contributed by atoms with E-state index in [-0.39, 0.29) is 0 Å². The molecule has 3 fully saturated rings. The van der Waals surface area contributed by atoms with Crippen molar-refractivity contribution in [3.8, 4) is 0 Å². The van der Waals surface area contributed by atoms with Gasteiger partial charge >= 0.3 is 211 Å². The van der Waals surface area contributed by atoms with Gasteiger partial charge in [-0.1, -0.05) is 0 Å². The molecule has 0 amide bonds. The summed E-state index contributed by atoms with van der Waals surface area (Å²) in [5, 5.41) is 0. The minimum atomic E-state index is -3.13. The van der Waals surface area contributed by atoms with E-state index in [1.54, 1.807) is 0 Å². The summed E-state index contributed by atoms with van der Waals surface area (Å²) in [6.07, 6.45) is 13.1. The number of hydrogen-bond acceptors (Lipinski definition) is 0. The van der Waals surface area contributed by atoms with Gasteiger partial charge in [0.2, 0.25) is 0 Å². The third kappa shape index (κ3) is 5.73. The Bertz CT molecular complexity index is 505. The Labute approximate surface area is 210 Å². The molecular weight excluding hydrogens is 514 g/mol. The zero-order valence-electron chi connectivity index (χ0n) is 23.2. The van der Waals surface area contributed by atoms with E-state index >= 15 is 0 Å². The van der Waals surface area contributed by atoms with Gasteiger partial charge in [-0.15, -0.1) is 0 Å². The normalized spacial score (nSPS) is 42.1. The molecule has 0 spiro atoms. The summed E-state index contributed by atoms with van der Waals surface area (Å²) in [6.45, 7) is 22.9. The summed E-state index contributed by atoms with van der Waals surface area (Å²) in [4.78, 5) is 0. The van der Waals surface area contributed by atoms with E-state index in [4.69, 9.17) is 8.92 Å². The van der Waals surface area contributed by atoms with Gasteiger partial charge in [0.05, 0.1) is 0 Å². The van der Waals surface area contributed by atoms with Crippen LogP contribution in [0.2, 0.25) is 11.8 Å². The maximum absolute atomic E-state index is 8.70. The van der Waals surface area contributed by atoms with Crippen molar-refractivity contribution in [2.45, 2.75) is 132 Å². The SMILES string of the molecule is CC(C)[C@@H]1CC[C@@H](C)C[C@H]1[Sn]([Cl])([C@@H]1C[C@H](C)CC[C@H]1C(C)C)[C@@H]1C[C@H](C)CC[C@H]1C(C)C. The number of hydrogen-bond donors (Lipinski definition) is 0. The van der Waals surface area contributed by atoms with Crippen molar-refractivity contribution in [1.29, 1.82) is 0 Å². The van der Waals surface area contributed by atoms with Crippen LogP contribution in [0.3, 0.4) is 0 Å². The van der Waals surface area contributed by atoms with Gasteiger partial charge in [-0.05, 0) is 0 Å². The molecule has 0 N–H and O–H groups in total. The van der Waals surface area contributed by atoms with Gasteiger partial charge in [0, 0.05) is 0 Å². The molecule has 0 unspecified atom stereocenters. The molecule has 0 saturated heterocycles. The van der Waals surface area contributed by atoms with Gasteiger partial charge in [0.25, 0.3) is 0 Å². The molecule has 0 bridgehead atoms. The summed E-state index contributed by atoms with van der Waals surface area (Å²) in [5.74, 6) is 7.78. The van der Waals surface area contributed by atoms with Crippen LogP contribution in [-0.2, 0) is 0 Å². The summed E-state index contributed by atoms with van der Waals surface area (Å²) in [6, 6.07) is 0. The molecule has 0 nitrogen and oxygen atoms in total. The van der Waals surface area contributed by atoms with Gasteiger partial charge < -0.3 is 0 Å². The molecule has 0 radical (unpaired) electrons. The van der Waals surface area contributed by atoms with Crippen LogP contribution < -0.4 is 0 Å². The van der Waals surface area contributed by atoms with Crippen LogP contribution in [-0.4, -0.2) is 17.3 Å². The summed E-state index contributed by atoms with van der Waals surface area (Å²) in [7, 11) is 8.70. The van der Waals surface area contributed by atoms with E-state index in [2.05, 4.69) is 62.3 Å². The van der Waals surface area contributed by atoms with E-state index in [1.807, 2.05) is 0 Å². The zero-order chi connectivity index (χ0) is 23.8. The average Bonchev–Trinajstić information content (AvgIpc) is 2.72. The van der Waals surface area contributed by atoms with Gasteiger partial charge in [-0.2, -0.15) is 0 Å². The monoisotopic (exact) mass is 572 g/mol. The van der Waals surface area contributed by atoms with Crippen LogP contribution in [0.25, 0.3) is 0 Å². The van der Waals surface area contributed by atoms with Crippen molar-refractivity contribution in [1.82, 2.24) is 0 Å². The van der Waals surface area contributed by atoms with Crippen LogP contribution in [0.4, 0.5) is 0 Å². The molecular formula is C30H57ClSn. The van der Waals surface area contributed by atoms with E-state index < -0.39 is 17.3 Å². The third-order valence-corrected chi connectivity index (χ3v) is 31.8. The number of rotatable bonds is 6. The van der Waals surface area contributed by atoms with Gasteiger partial charge in [0.1, 0.15) is 0 Å². The molecule has 2 heteroatoms. The van der Waals surface area contributed by atoms with Crippen LogP contribution in [0, 0.1) is 53.3 Å². The van der Waals surface area contributed by atoms with Crippen LogP contribution in [0.1, 0.15) is 120 Å². The second-order valence-corrected chi connectivity index (χ2v) is 29.6. The second-order valence-electron chi connectivity index (χ2n) is 14.1. The van der Waals surface area contributed by atoms with Crippen molar-refractivity contribution in [3.63, 3.8) is 0 Å². The maximum atomic E-state index is 8.70. The van der Waals surface area contributed by atoms with Crippen molar-refractivity contribution in [2.75, 3.05) is 0 Å². The Balaban J connectivity index is 2.14. The molecule has 0 aromatic rings. The fourth-order valence-electron chi connectivity index (χ4n) is 8.96. The van der Waals surface area contributed by atoms with Gasteiger partial charge in [-0.25, -0.2) is 0 Å². The molecule has 3 rings (SSSR count). The molecule has 32 heavy (non-hydrogen) atoms. The predicted octanol–water partition coefficient (Wildman–Crippen LogP) is 10.6. The Hall–Kier alpha value is 1.09. The van der Waals surface area contributed by atoms with Crippen LogP contribution in [0.5, 0.6) is 0 Å². The first-order chi connectivity index (χ1) is 15.0. The van der Waals surface area contributed by atoms with Crippen molar-refractivity contribution in [3.05, 3.63) is 0 Å². The van der Waals surface area contributed by atoms with Crippen molar-refractivity contribution >= 4 is 26.2 Å². The first kappa shape index (κ1) is 27.7. The zero-order valence-corrected chi connectivity index (χ0v) is 26.8. The molecule has 9 atom stereocenters. The quantitative estimate of drug-likeness (QED) is 0.278. The Morgan fingerprint density at radius 3 is 0.969 bits per heavy atom. The Morgan fingerprint density at radius 2 is 0.750 bits per heavy atom. The third-order valence-electron chi connectivity index (χ3n) is 10.8. The molecule has 3 aliphatic carbocycles. The predicted molar refractivity (Wildman–Crippen MR) is 147 cm³/mol. The van der Waals surface area contributed by atoms with E-state index in [0.29, 0.717) is 0 Å².